The first-order chi connectivity index (χ1) is 16.0. The largest absolute Gasteiger partial charge is 0.493 e. The van der Waals surface area contributed by atoms with E-state index >= 15 is 0 Å². The van der Waals surface area contributed by atoms with E-state index in [1.807, 2.05) is 66.2 Å². The summed E-state index contributed by atoms with van der Waals surface area (Å²) >= 11 is 0. The van der Waals surface area contributed by atoms with Crippen LogP contribution >= 0.6 is 0 Å². The van der Waals surface area contributed by atoms with Gasteiger partial charge in [-0.15, -0.1) is 0 Å². The second-order valence-electron chi connectivity index (χ2n) is 7.45. The Kier molecular flexibility index (Phi) is 6.54. The highest BCUT2D eigenvalue weighted by Crippen LogP contribution is 2.30. The molecule has 0 fully saturated rings. The summed E-state index contributed by atoms with van der Waals surface area (Å²) in [6.45, 7) is 0.963. The molecule has 1 N–H and O–H groups in total. The van der Waals surface area contributed by atoms with Crippen molar-refractivity contribution >= 4 is 11.6 Å². The number of methoxy groups -OCH3 is 1. The third-order valence-corrected chi connectivity index (χ3v) is 5.26. The highest BCUT2D eigenvalue weighted by atomic mass is 16.6. The smallest absolute Gasteiger partial charge is 0.270 e. The molecule has 0 aliphatic rings. The lowest BCUT2D eigenvalue weighted by atomic mass is 10.1. The molecule has 4 aromatic rings. The molecule has 168 valence electrons. The van der Waals surface area contributed by atoms with Gasteiger partial charge in [0.1, 0.15) is 6.61 Å². The SMILES string of the molecule is COc1ccc(CNc2ncc(-c3cccc([N+](=O)[O-])c3)n2C)cc1OCc1ccccc1. The topological polar surface area (TPSA) is 91.5 Å². The molecule has 1 heterocycles. The van der Waals surface area contributed by atoms with Crippen LogP contribution in [0.2, 0.25) is 0 Å². The number of anilines is 1. The van der Waals surface area contributed by atoms with Gasteiger partial charge < -0.3 is 19.4 Å². The summed E-state index contributed by atoms with van der Waals surface area (Å²) in [5.74, 6) is 1.98. The maximum absolute atomic E-state index is 11.1. The highest BCUT2D eigenvalue weighted by Gasteiger charge is 2.13. The predicted octanol–water partition coefficient (Wildman–Crippen LogP) is 5.20. The molecular weight excluding hydrogens is 420 g/mol. The molecule has 33 heavy (non-hydrogen) atoms. The van der Waals surface area contributed by atoms with E-state index in [0.717, 1.165) is 22.4 Å². The van der Waals surface area contributed by atoms with Gasteiger partial charge in [0.25, 0.3) is 5.69 Å². The Bertz CT molecular complexity index is 1250. The number of ether oxygens (including phenoxy) is 2. The molecule has 1 aromatic heterocycles. The van der Waals surface area contributed by atoms with Crippen molar-refractivity contribution in [1.82, 2.24) is 9.55 Å². The molecular formula is C25H24N4O4. The molecule has 8 nitrogen and oxygen atoms in total. The molecule has 0 aliphatic carbocycles. The Hall–Kier alpha value is -4.33. The van der Waals surface area contributed by atoms with Crippen LogP contribution in [0.15, 0.2) is 79.0 Å². The fourth-order valence-electron chi connectivity index (χ4n) is 3.48. The minimum atomic E-state index is -0.403. The normalized spacial score (nSPS) is 10.6. The van der Waals surface area contributed by atoms with Crippen LogP contribution in [0.4, 0.5) is 11.6 Å². The van der Waals surface area contributed by atoms with Crippen LogP contribution in [-0.4, -0.2) is 21.6 Å². The molecule has 0 radical (unpaired) electrons. The van der Waals surface area contributed by atoms with Crippen molar-refractivity contribution in [3.8, 4) is 22.8 Å². The highest BCUT2D eigenvalue weighted by molar-refractivity contribution is 5.64. The van der Waals surface area contributed by atoms with Crippen LogP contribution in [0.25, 0.3) is 11.3 Å². The maximum Gasteiger partial charge on any atom is 0.270 e. The summed E-state index contributed by atoms with van der Waals surface area (Å²) in [4.78, 5) is 15.1. The molecule has 4 rings (SSSR count). The molecule has 0 saturated carbocycles. The Morgan fingerprint density at radius 3 is 2.58 bits per heavy atom. The first-order valence-electron chi connectivity index (χ1n) is 10.4. The number of nitrogens with zero attached hydrogens (tertiary/aromatic N) is 3. The van der Waals surface area contributed by atoms with Gasteiger partial charge in [-0.3, -0.25) is 10.1 Å². The third-order valence-electron chi connectivity index (χ3n) is 5.26. The summed E-state index contributed by atoms with van der Waals surface area (Å²) in [5.41, 5.74) is 3.63. The summed E-state index contributed by atoms with van der Waals surface area (Å²) in [7, 11) is 3.48. The van der Waals surface area contributed by atoms with Crippen molar-refractivity contribution in [1.29, 1.82) is 0 Å². The summed E-state index contributed by atoms with van der Waals surface area (Å²) in [6.07, 6.45) is 1.70. The van der Waals surface area contributed by atoms with Crippen molar-refractivity contribution in [3.05, 3.63) is 100 Å². The van der Waals surface area contributed by atoms with Crippen molar-refractivity contribution in [2.75, 3.05) is 12.4 Å². The van der Waals surface area contributed by atoms with E-state index in [-0.39, 0.29) is 5.69 Å². The van der Waals surface area contributed by atoms with Crippen molar-refractivity contribution in [2.24, 2.45) is 7.05 Å². The van der Waals surface area contributed by atoms with E-state index in [9.17, 15) is 10.1 Å². The number of nitro groups is 1. The molecule has 3 aromatic carbocycles. The Morgan fingerprint density at radius 1 is 1.00 bits per heavy atom. The molecule has 0 atom stereocenters. The van der Waals surface area contributed by atoms with E-state index < -0.39 is 4.92 Å². The van der Waals surface area contributed by atoms with Gasteiger partial charge in [0.15, 0.2) is 11.5 Å². The van der Waals surface area contributed by atoms with E-state index in [2.05, 4.69) is 10.3 Å². The zero-order chi connectivity index (χ0) is 23.2. The number of non-ortho nitro benzene ring substituents is 1. The second kappa shape index (κ2) is 9.86. The van der Waals surface area contributed by atoms with Crippen LogP contribution in [0.3, 0.4) is 0 Å². The first kappa shape index (κ1) is 21.9. The fraction of sp³-hybridized carbons (Fsp3) is 0.160. The van der Waals surface area contributed by atoms with Crippen LogP contribution in [0.5, 0.6) is 11.5 Å². The van der Waals surface area contributed by atoms with E-state index in [1.165, 1.54) is 6.07 Å². The quantitative estimate of drug-likeness (QED) is 0.282. The number of imidazole rings is 1. The van der Waals surface area contributed by atoms with Gasteiger partial charge in [0, 0.05) is 31.3 Å². The van der Waals surface area contributed by atoms with Gasteiger partial charge in [0.2, 0.25) is 5.95 Å². The fourth-order valence-corrected chi connectivity index (χ4v) is 3.48. The van der Waals surface area contributed by atoms with Crippen LogP contribution in [0.1, 0.15) is 11.1 Å². The van der Waals surface area contributed by atoms with Gasteiger partial charge in [0.05, 0.1) is 23.9 Å². The molecule has 0 unspecified atom stereocenters. The maximum atomic E-state index is 11.1. The summed E-state index contributed by atoms with van der Waals surface area (Å²) < 4.78 is 13.3. The van der Waals surface area contributed by atoms with E-state index in [0.29, 0.717) is 30.6 Å². The third kappa shape index (κ3) is 5.12. The average molecular weight is 444 g/mol. The lowest BCUT2D eigenvalue weighted by molar-refractivity contribution is -0.384. The van der Waals surface area contributed by atoms with E-state index in [4.69, 9.17) is 9.47 Å². The van der Waals surface area contributed by atoms with Gasteiger partial charge in [-0.25, -0.2) is 4.98 Å². The van der Waals surface area contributed by atoms with Crippen molar-refractivity contribution in [3.63, 3.8) is 0 Å². The molecule has 8 heteroatoms. The predicted molar refractivity (Wildman–Crippen MR) is 126 cm³/mol. The summed E-state index contributed by atoms with van der Waals surface area (Å²) in [6, 6.07) is 22.2. The number of rotatable bonds is 9. The lowest BCUT2D eigenvalue weighted by Crippen LogP contribution is -2.06. The van der Waals surface area contributed by atoms with Gasteiger partial charge in [-0.2, -0.15) is 0 Å². The number of benzene rings is 3. The number of hydrogen-bond acceptors (Lipinski definition) is 6. The van der Waals surface area contributed by atoms with Gasteiger partial charge in [-0.1, -0.05) is 48.5 Å². The monoisotopic (exact) mass is 444 g/mol. The van der Waals surface area contributed by atoms with Crippen LogP contribution in [0, 0.1) is 10.1 Å². The number of hydrogen-bond donors (Lipinski definition) is 1. The molecule has 0 saturated heterocycles. The Balaban J connectivity index is 1.47. The number of nitrogens with one attached hydrogen (secondary N) is 1. The standard InChI is InChI=1S/C25H24N4O4/c1-28-22(20-9-6-10-21(14-20)29(30)31)16-27-25(28)26-15-19-11-12-23(32-2)24(13-19)33-17-18-7-4-3-5-8-18/h3-14,16H,15,17H2,1-2H3,(H,26,27). The Morgan fingerprint density at radius 2 is 1.82 bits per heavy atom. The molecule has 0 spiro atoms. The minimum Gasteiger partial charge on any atom is -0.493 e. The minimum absolute atomic E-state index is 0.0458. The van der Waals surface area contributed by atoms with Crippen LogP contribution in [-0.2, 0) is 20.2 Å². The number of aromatic nitrogens is 2. The molecule has 0 bridgehead atoms. The molecule has 0 amide bonds. The second-order valence-corrected chi connectivity index (χ2v) is 7.45. The summed E-state index contributed by atoms with van der Waals surface area (Å²) in [5, 5.41) is 14.4. The Labute approximate surface area is 191 Å². The van der Waals surface area contributed by atoms with Crippen molar-refractivity contribution < 1.29 is 14.4 Å². The lowest BCUT2D eigenvalue weighted by Gasteiger charge is -2.13. The zero-order valence-electron chi connectivity index (χ0n) is 18.4. The van der Waals surface area contributed by atoms with Gasteiger partial charge >= 0.3 is 0 Å². The molecule has 0 aliphatic heterocycles. The number of nitro benzene ring substituents is 1. The van der Waals surface area contributed by atoms with Crippen molar-refractivity contribution in [2.45, 2.75) is 13.2 Å². The van der Waals surface area contributed by atoms with Gasteiger partial charge in [-0.05, 0) is 23.3 Å². The van der Waals surface area contributed by atoms with Crippen LogP contribution < -0.4 is 14.8 Å². The van der Waals surface area contributed by atoms with E-state index in [1.54, 1.807) is 25.4 Å². The zero-order valence-corrected chi connectivity index (χ0v) is 18.4. The average Bonchev–Trinajstić information content (AvgIpc) is 3.22. The first-order valence-corrected chi connectivity index (χ1v) is 10.4.